The summed E-state index contributed by atoms with van der Waals surface area (Å²) in [6, 6.07) is 8.71. The monoisotopic (exact) mass is 394 g/mol. The van der Waals surface area contributed by atoms with Crippen LogP contribution in [0.1, 0.15) is 28.9 Å². The highest BCUT2D eigenvalue weighted by Gasteiger charge is 2.15. The first-order valence-corrected chi connectivity index (χ1v) is 9.29. The molecule has 1 aromatic heterocycles. The summed E-state index contributed by atoms with van der Waals surface area (Å²) >= 11 is 12.0. The van der Waals surface area contributed by atoms with Crippen LogP contribution in [0.5, 0.6) is 0 Å². The molecule has 138 valence electrons. The molecule has 1 aromatic carbocycles. The van der Waals surface area contributed by atoms with Gasteiger partial charge in [0, 0.05) is 29.7 Å². The van der Waals surface area contributed by atoms with Crippen LogP contribution in [0, 0.1) is 0 Å². The normalized spacial score (nSPS) is 16.5. The van der Waals surface area contributed by atoms with Crippen LogP contribution < -0.4 is 10.6 Å². The predicted molar refractivity (Wildman–Crippen MR) is 102 cm³/mol. The smallest absolute Gasteiger partial charge is 0.271 e. The van der Waals surface area contributed by atoms with Gasteiger partial charge in [-0.05, 0) is 49.1 Å². The van der Waals surface area contributed by atoms with E-state index >= 15 is 0 Å². The molecule has 0 radical (unpaired) electrons. The average molecular weight is 395 g/mol. The molecule has 1 unspecified atom stereocenters. The zero-order valence-electron chi connectivity index (χ0n) is 14.2. The van der Waals surface area contributed by atoms with Gasteiger partial charge in [0.15, 0.2) is 5.69 Å². The zero-order chi connectivity index (χ0) is 18.4. The van der Waals surface area contributed by atoms with Crippen molar-refractivity contribution in [3.05, 3.63) is 51.6 Å². The number of anilines is 1. The number of benzene rings is 1. The maximum absolute atomic E-state index is 12.1. The van der Waals surface area contributed by atoms with Crippen LogP contribution in [0.25, 0.3) is 0 Å². The minimum Gasteiger partial charge on any atom is -0.376 e. The average Bonchev–Trinajstić information content (AvgIpc) is 3.16. The standard InChI is InChI=1S/C18H20Cl2N4O2/c19-13-4-3-12(15(20)10-13)7-8-21-18(25)16-5-6-17(24-23-16)22-11-14-2-1-9-26-14/h3-6,10,14H,1-2,7-9,11H2,(H,21,25)(H,22,24). The van der Waals surface area contributed by atoms with Crippen molar-refractivity contribution in [2.45, 2.75) is 25.4 Å². The molecular weight excluding hydrogens is 375 g/mol. The van der Waals surface area contributed by atoms with Gasteiger partial charge in [0.05, 0.1) is 6.10 Å². The van der Waals surface area contributed by atoms with Gasteiger partial charge < -0.3 is 15.4 Å². The van der Waals surface area contributed by atoms with Crippen molar-refractivity contribution in [1.29, 1.82) is 0 Å². The lowest BCUT2D eigenvalue weighted by atomic mass is 10.1. The Morgan fingerprint density at radius 3 is 2.81 bits per heavy atom. The lowest BCUT2D eigenvalue weighted by molar-refractivity contribution is 0.0948. The molecule has 0 saturated carbocycles. The summed E-state index contributed by atoms with van der Waals surface area (Å²) in [5.74, 6) is 0.359. The van der Waals surface area contributed by atoms with Crippen molar-refractivity contribution >= 4 is 34.9 Å². The van der Waals surface area contributed by atoms with Crippen molar-refractivity contribution in [2.75, 3.05) is 25.0 Å². The number of aromatic nitrogens is 2. The second kappa shape index (κ2) is 9.16. The zero-order valence-corrected chi connectivity index (χ0v) is 15.7. The minimum absolute atomic E-state index is 0.222. The van der Waals surface area contributed by atoms with Crippen molar-refractivity contribution in [3.63, 3.8) is 0 Å². The van der Waals surface area contributed by atoms with Gasteiger partial charge in [0.1, 0.15) is 5.82 Å². The minimum atomic E-state index is -0.270. The molecule has 8 heteroatoms. The summed E-state index contributed by atoms with van der Waals surface area (Å²) in [6.45, 7) is 1.96. The Bertz CT molecular complexity index is 749. The van der Waals surface area contributed by atoms with E-state index in [0.717, 1.165) is 25.0 Å². The van der Waals surface area contributed by atoms with E-state index in [2.05, 4.69) is 20.8 Å². The highest BCUT2D eigenvalue weighted by Crippen LogP contribution is 2.21. The second-order valence-electron chi connectivity index (χ2n) is 6.06. The van der Waals surface area contributed by atoms with Gasteiger partial charge in [-0.25, -0.2) is 0 Å². The number of halogens is 2. The molecule has 0 aliphatic carbocycles. The van der Waals surface area contributed by atoms with Gasteiger partial charge in [-0.2, -0.15) is 0 Å². The van der Waals surface area contributed by atoms with Gasteiger partial charge in [-0.15, -0.1) is 10.2 Å². The topological polar surface area (TPSA) is 76.1 Å². The molecule has 2 N–H and O–H groups in total. The molecule has 26 heavy (non-hydrogen) atoms. The molecule has 1 saturated heterocycles. The van der Waals surface area contributed by atoms with Crippen molar-refractivity contribution in [2.24, 2.45) is 0 Å². The van der Waals surface area contributed by atoms with Crippen LogP contribution in [0.3, 0.4) is 0 Å². The van der Waals surface area contributed by atoms with E-state index < -0.39 is 0 Å². The summed E-state index contributed by atoms with van der Waals surface area (Å²) in [6.07, 6.45) is 2.98. The first-order chi connectivity index (χ1) is 12.6. The molecule has 1 aliphatic rings. The summed E-state index contributed by atoms with van der Waals surface area (Å²) in [7, 11) is 0. The lowest BCUT2D eigenvalue weighted by Crippen LogP contribution is -2.27. The van der Waals surface area contributed by atoms with Crippen LogP contribution in [-0.2, 0) is 11.2 Å². The number of hydrogen-bond acceptors (Lipinski definition) is 5. The fourth-order valence-electron chi connectivity index (χ4n) is 2.70. The van der Waals surface area contributed by atoms with Gasteiger partial charge >= 0.3 is 0 Å². The van der Waals surface area contributed by atoms with Crippen molar-refractivity contribution in [3.8, 4) is 0 Å². The van der Waals surface area contributed by atoms with Gasteiger partial charge in [0.2, 0.25) is 0 Å². The Hall–Kier alpha value is -1.89. The van der Waals surface area contributed by atoms with E-state index in [0.29, 0.717) is 35.4 Å². The Morgan fingerprint density at radius 1 is 1.23 bits per heavy atom. The van der Waals surface area contributed by atoms with Gasteiger partial charge in [-0.1, -0.05) is 29.3 Å². The molecule has 2 aromatic rings. The molecule has 0 spiro atoms. The first-order valence-electron chi connectivity index (χ1n) is 8.53. The molecule has 1 atom stereocenters. The van der Waals surface area contributed by atoms with E-state index in [4.69, 9.17) is 27.9 Å². The maximum atomic E-state index is 12.1. The third kappa shape index (κ3) is 5.30. The van der Waals surface area contributed by atoms with Gasteiger partial charge in [-0.3, -0.25) is 4.79 Å². The fraction of sp³-hybridized carbons (Fsp3) is 0.389. The van der Waals surface area contributed by atoms with Crippen LogP contribution in [-0.4, -0.2) is 41.9 Å². The van der Waals surface area contributed by atoms with E-state index in [1.165, 1.54) is 0 Å². The van der Waals surface area contributed by atoms with Crippen LogP contribution in [0.4, 0.5) is 5.82 Å². The number of carbonyl (C=O) groups excluding carboxylic acids is 1. The molecule has 2 heterocycles. The lowest BCUT2D eigenvalue weighted by Gasteiger charge is -2.11. The first kappa shape index (κ1) is 18.9. The number of carbonyl (C=O) groups is 1. The number of hydrogen-bond donors (Lipinski definition) is 2. The molecular formula is C18H20Cl2N4O2. The molecule has 6 nitrogen and oxygen atoms in total. The highest BCUT2D eigenvalue weighted by atomic mass is 35.5. The molecule has 1 aliphatic heterocycles. The Morgan fingerprint density at radius 2 is 2.12 bits per heavy atom. The molecule has 1 fully saturated rings. The predicted octanol–water partition coefficient (Wildman–Crippen LogP) is 3.35. The number of amides is 1. The maximum Gasteiger partial charge on any atom is 0.271 e. The highest BCUT2D eigenvalue weighted by molar-refractivity contribution is 6.35. The Balaban J connectivity index is 1.45. The van der Waals surface area contributed by atoms with E-state index in [9.17, 15) is 4.79 Å². The summed E-state index contributed by atoms with van der Waals surface area (Å²) in [5.41, 5.74) is 1.20. The fourth-order valence-corrected chi connectivity index (χ4v) is 3.20. The SMILES string of the molecule is O=C(NCCc1ccc(Cl)cc1Cl)c1ccc(NCC2CCCO2)nn1. The number of nitrogens with zero attached hydrogens (tertiary/aromatic N) is 2. The van der Waals surface area contributed by atoms with Crippen LogP contribution in [0.2, 0.25) is 10.0 Å². The number of ether oxygens (including phenoxy) is 1. The van der Waals surface area contributed by atoms with Crippen molar-refractivity contribution < 1.29 is 9.53 Å². The third-order valence-corrected chi connectivity index (χ3v) is 4.71. The molecule has 3 rings (SSSR count). The largest absolute Gasteiger partial charge is 0.376 e. The summed E-state index contributed by atoms with van der Waals surface area (Å²) in [4.78, 5) is 12.1. The molecule has 0 bridgehead atoms. The van der Waals surface area contributed by atoms with E-state index in [1.807, 2.05) is 6.07 Å². The number of rotatable bonds is 7. The molecule has 1 amide bonds. The third-order valence-electron chi connectivity index (χ3n) is 4.13. The van der Waals surface area contributed by atoms with E-state index in [1.54, 1.807) is 24.3 Å². The summed E-state index contributed by atoms with van der Waals surface area (Å²) in [5, 5.41) is 15.2. The Kier molecular flexibility index (Phi) is 6.66. The quantitative estimate of drug-likeness (QED) is 0.752. The van der Waals surface area contributed by atoms with Crippen LogP contribution >= 0.6 is 23.2 Å². The second-order valence-corrected chi connectivity index (χ2v) is 6.91. The van der Waals surface area contributed by atoms with E-state index in [-0.39, 0.29) is 17.7 Å². The Labute approximate surface area is 162 Å². The number of nitrogens with one attached hydrogen (secondary N) is 2. The van der Waals surface area contributed by atoms with Gasteiger partial charge in [0.25, 0.3) is 5.91 Å². The van der Waals surface area contributed by atoms with Crippen LogP contribution in [0.15, 0.2) is 30.3 Å². The summed E-state index contributed by atoms with van der Waals surface area (Å²) < 4.78 is 5.54. The van der Waals surface area contributed by atoms with Crippen molar-refractivity contribution in [1.82, 2.24) is 15.5 Å².